The minimum absolute atomic E-state index is 0.511. The molecule has 1 heterocycles. The molecule has 1 rings (SSSR count). The van der Waals surface area contributed by atoms with E-state index in [1.54, 1.807) is 0 Å². The van der Waals surface area contributed by atoms with E-state index in [4.69, 9.17) is 0 Å². The van der Waals surface area contributed by atoms with Crippen LogP contribution in [0.15, 0.2) is 12.3 Å². The Labute approximate surface area is 118 Å². The first-order valence-electron chi connectivity index (χ1n) is 7.52. The Bertz CT molecular complexity index is 374. The van der Waals surface area contributed by atoms with E-state index >= 15 is 0 Å². The smallest absolute Gasteiger partial charge is 0.131 e. The van der Waals surface area contributed by atoms with Crippen molar-refractivity contribution in [3.8, 4) is 0 Å². The number of anilines is 1. The lowest BCUT2D eigenvalue weighted by atomic mass is 10.2. The summed E-state index contributed by atoms with van der Waals surface area (Å²) >= 11 is 0. The molecule has 0 bridgehead atoms. The van der Waals surface area contributed by atoms with Crippen molar-refractivity contribution in [3.05, 3.63) is 23.4 Å². The van der Waals surface area contributed by atoms with Crippen molar-refractivity contribution in [3.63, 3.8) is 0 Å². The molecule has 3 nitrogen and oxygen atoms in total. The van der Waals surface area contributed by atoms with Crippen molar-refractivity contribution in [2.45, 2.75) is 60.0 Å². The minimum Gasteiger partial charge on any atom is -0.357 e. The Hall–Kier alpha value is -1.09. The predicted octanol–water partition coefficient (Wildman–Crippen LogP) is 3.51. The second kappa shape index (κ2) is 8.16. The fourth-order valence-electron chi connectivity index (χ4n) is 2.14. The van der Waals surface area contributed by atoms with Crippen LogP contribution in [-0.4, -0.2) is 24.1 Å². The standard InChI is InChI=1S/C16H29N3/c1-6-8-9-19(7-2)16-14(5)10-15(12-18-16)11-17-13(3)4/h10,12-13,17H,6-9,11H2,1-5H3. The number of pyridine rings is 1. The Morgan fingerprint density at radius 1 is 1.32 bits per heavy atom. The normalized spacial score (nSPS) is 11.1. The van der Waals surface area contributed by atoms with E-state index in [0.29, 0.717) is 6.04 Å². The summed E-state index contributed by atoms with van der Waals surface area (Å²) in [6.07, 6.45) is 4.46. The summed E-state index contributed by atoms with van der Waals surface area (Å²) in [7, 11) is 0. The molecule has 0 unspecified atom stereocenters. The highest BCUT2D eigenvalue weighted by molar-refractivity contribution is 5.47. The maximum atomic E-state index is 4.67. The van der Waals surface area contributed by atoms with E-state index in [9.17, 15) is 0 Å². The van der Waals surface area contributed by atoms with E-state index in [1.807, 2.05) is 6.20 Å². The minimum atomic E-state index is 0.511. The maximum absolute atomic E-state index is 4.67. The van der Waals surface area contributed by atoms with Crippen LogP contribution in [-0.2, 0) is 6.54 Å². The van der Waals surface area contributed by atoms with Crippen molar-refractivity contribution in [1.29, 1.82) is 0 Å². The van der Waals surface area contributed by atoms with Gasteiger partial charge >= 0.3 is 0 Å². The number of nitrogens with one attached hydrogen (secondary N) is 1. The molecule has 0 saturated heterocycles. The lowest BCUT2D eigenvalue weighted by Crippen LogP contribution is -2.26. The van der Waals surface area contributed by atoms with Crippen LogP contribution in [0.3, 0.4) is 0 Å². The summed E-state index contributed by atoms with van der Waals surface area (Å²) < 4.78 is 0. The highest BCUT2D eigenvalue weighted by Gasteiger charge is 2.09. The first-order chi connectivity index (χ1) is 9.08. The topological polar surface area (TPSA) is 28.2 Å². The Morgan fingerprint density at radius 3 is 2.58 bits per heavy atom. The zero-order valence-electron chi connectivity index (χ0n) is 13.2. The molecule has 108 valence electrons. The van der Waals surface area contributed by atoms with Crippen LogP contribution in [0.25, 0.3) is 0 Å². The molecule has 1 aromatic rings. The zero-order chi connectivity index (χ0) is 14.3. The van der Waals surface area contributed by atoms with Gasteiger partial charge in [-0.15, -0.1) is 0 Å². The average molecular weight is 263 g/mol. The summed E-state index contributed by atoms with van der Waals surface area (Å²) in [5.41, 5.74) is 2.54. The van der Waals surface area contributed by atoms with Crippen LogP contribution in [0.1, 0.15) is 51.7 Å². The summed E-state index contributed by atoms with van der Waals surface area (Å²) in [5, 5.41) is 3.43. The molecule has 0 amide bonds. The quantitative estimate of drug-likeness (QED) is 0.778. The molecule has 0 aliphatic rings. The second-order valence-electron chi connectivity index (χ2n) is 5.45. The molecule has 1 N–H and O–H groups in total. The molecule has 0 aliphatic heterocycles. The second-order valence-corrected chi connectivity index (χ2v) is 5.45. The monoisotopic (exact) mass is 263 g/mol. The number of nitrogens with zero attached hydrogens (tertiary/aromatic N) is 2. The van der Waals surface area contributed by atoms with Crippen LogP contribution < -0.4 is 10.2 Å². The van der Waals surface area contributed by atoms with Crippen molar-refractivity contribution in [1.82, 2.24) is 10.3 Å². The summed E-state index contributed by atoms with van der Waals surface area (Å²) in [4.78, 5) is 7.04. The third-order valence-corrected chi connectivity index (χ3v) is 3.28. The first kappa shape index (κ1) is 16.0. The van der Waals surface area contributed by atoms with Crippen molar-refractivity contribution in [2.24, 2.45) is 0 Å². The Balaban J connectivity index is 2.74. The van der Waals surface area contributed by atoms with Gasteiger partial charge in [0.1, 0.15) is 5.82 Å². The van der Waals surface area contributed by atoms with Crippen molar-refractivity contribution >= 4 is 5.82 Å². The average Bonchev–Trinajstić information content (AvgIpc) is 2.39. The van der Waals surface area contributed by atoms with Gasteiger partial charge in [0.15, 0.2) is 0 Å². The molecule has 19 heavy (non-hydrogen) atoms. The van der Waals surface area contributed by atoms with E-state index in [-0.39, 0.29) is 0 Å². The van der Waals surface area contributed by atoms with Crippen LogP contribution in [0.2, 0.25) is 0 Å². The number of rotatable bonds is 8. The van der Waals surface area contributed by atoms with Crippen LogP contribution >= 0.6 is 0 Å². The number of aromatic nitrogens is 1. The third-order valence-electron chi connectivity index (χ3n) is 3.28. The number of aryl methyl sites for hydroxylation is 1. The lowest BCUT2D eigenvalue weighted by Gasteiger charge is -2.24. The molecular formula is C16H29N3. The largest absolute Gasteiger partial charge is 0.357 e. The maximum Gasteiger partial charge on any atom is 0.131 e. The van der Waals surface area contributed by atoms with Gasteiger partial charge in [-0.2, -0.15) is 0 Å². The Kier molecular flexibility index (Phi) is 6.85. The number of unbranched alkanes of at least 4 members (excludes halogenated alkanes) is 1. The highest BCUT2D eigenvalue weighted by atomic mass is 15.2. The SMILES string of the molecule is CCCCN(CC)c1ncc(CNC(C)C)cc1C. The number of hydrogen-bond acceptors (Lipinski definition) is 3. The van der Waals surface area contributed by atoms with Gasteiger partial charge in [-0.3, -0.25) is 0 Å². The van der Waals surface area contributed by atoms with Gasteiger partial charge in [0, 0.05) is 31.9 Å². The van der Waals surface area contributed by atoms with Crippen molar-refractivity contribution in [2.75, 3.05) is 18.0 Å². The van der Waals surface area contributed by atoms with E-state index in [0.717, 1.165) is 25.5 Å². The molecule has 0 saturated carbocycles. The summed E-state index contributed by atoms with van der Waals surface area (Å²) in [6, 6.07) is 2.77. The molecule has 0 fully saturated rings. The predicted molar refractivity (Wildman–Crippen MR) is 83.7 cm³/mol. The first-order valence-corrected chi connectivity index (χ1v) is 7.52. The zero-order valence-corrected chi connectivity index (χ0v) is 13.2. The molecule has 0 spiro atoms. The van der Waals surface area contributed by atoms with E-state index in [1.165, 1.54) is 24.0 Å². The summed E-state index contributed by atoms with van der Waals surface area (Å²) in [5.74, 6) is 1.14. The van der Waals surface area contributed by atoms with Gasteiger partial charge in [0.05, 0.1) is 0 Å². The molecule has 1 aromatic heterocycles. The Morgan fingerprint density at radius 2 is 2.05 bits per heavy atom. The van der Waals surface area contributed by atoms with Gasteiger partial charge < -0.3 is 10.2 Å². The molecule has 0 radical (unpaired) electrons. The van der Waals surface area contributed by atoms with E-state index < -0.39 is 0 Å². The fourth-order valence-corrected chi connectivity index (χ4v) is 2.14. The fraction of sp³-hybridized carbons (Fsp3) is 0.688. The molecular weight excluding hydrogens is 234 g/mol. The van der Waals surface area contributed by atoms with Gasteiger partial charge in [-0.05, 0) is 37.5 Å². The molecule has 0 atom stereocenters. The highest BCUT2D eigenvalue weighted by Crippen LogP contribution is 2.18. The van der Waals surface area contributed by atoms with Crippen molar-refractivity contribution < 1.29 is 0 Å². The van der Waals surface area contributed by atoms with Gasteiger partial charge in [-0.1, -0.05) is 27.2 Å². The molecule has 0 aromatic carbocycles. The van der Waals surface area contributed by atoms with Gasteiger partial charge in [0.2, 0.25) is 0 Å². The van der Waals surface area contributed by atoms with Crippen LogP contribution in [0.5, 0.6) is 0 Å². The van der Waals surface area contributed by atoms with Gasteiger partial charge in [-0.25, -0.2) is 4.98 Å². The summed E-state index contributed by atoms with van der Waals surface area (Å²) in [6.45, 7) is 13.9. The molecule has 0 aliphatic carbocycles. The lowest BCUT2D eigenvalue weighted by molar-refractivity contribution is 0.587. The third kappa shape index (κ3) is 5.19. The van der Waals surface area contributed by atoms with E-state index in [2.05, 4.69) is 55.9 Å². The van der Waals surface area contributed by atoms with Gasteiger partial charge in [0.25, 0.3) is 0 Å². The van der Waals surface area contributed by atoms with Crippen LogP contribution in [0.4, 0.5) is 5.82 Å². The number of hydrogen-bond donors (Lipinski definition) is 1. The molecule has 3 heteroatoms. The van der Waals surface area contributed by atoms with Crippen LogP contribution in [0, 0.1) is 6.92 Å².